The SMILES string of the molecule is CCOCCOC(=N[C@H](C)CC)NC(=O)c1ccc2c(c1)OCO2. The Morgan fingerprint density at radius 1 is 1.29 bits per heavy atom. The molecule has 1 aliphatic rings. The van der Waals surface area contributed by atoms with E-state index in [0.29, 0.717) is 36.9 Å². The van der Waals surface area contributed by atoms with E-state index in [2.05, 4.69) is 10.3 Å². The molecule has 0 fully saturated rings. The fourth-order valence-electron chi connectivity index (χ4n) is 1.95. The first-order valence-electron chi connectivity index (χ1n) is 8.13. The molecule has 0 saturated carbocycles. The average Bonchev–Trinajstić information content (AvgIpc) is 3.05. The van der Waals surface area contributed by atoms with Crippen LogP contribution in [0, 0.1) is 0 Å². The summed E-state index contributed by atoms with van der Waals surface area (Å²) in [6.45, 7) is 7.44. The van der Waals surface area contributed by atoms with E-state index >= 15 is 0 Å². The molecule has 1 N–H and O–H groups in total. The van der Waals surface area contributed by atoms with Crippen LogP contribution in [0.5, 0.6) is 11.5 Å². The zero-order chi connectivity index (χ0) is 17.4. The zero-order valence-corrected chi connectivity index (χ0v) is 14.3. The topological polar surface area (TPSA) is 78.4 Å². The van der Waals surface area contributed by atoms with Crippen LogP contribution in [0.3, 0.4) is 0 Å². The molecule has 0 aliphatic carbocycles. The lowest BCUT2D eigenvalue weighted by atomic mass is 10.2. The van der Waals surface area contributed by atoms with Crippen LogP contribution in [0.25, 0.3) is 0 Å². The molecule has 0 spiro atoms. The van der Waals surface area contributed by atoms with E-state index in [9.17, 15) is 4.79 Å². The Kier molecular flexibility index (Phi) is 6.87. The Morgan fingerprint density at radius 2 is 2.08 bits per heavy atom. The molecule has 24 heavy (non-hydrogen) atoms. The van der Waals surface area contributed by atoms with Crippen LogP contribution in [-0.2, 0) is 9.47 Å². The molecule has 132 valence electrons. The van der Waals surface area contributed by atoms with Gasteiger partial charge in [-0.15, -0.1) is 0 Å². The van der Waals surface area contributed by atoms with Crippen LogP contribution in [0.4, 0.5) is 0 Å². The normalized spacial score (nSPS) is 14.4. The quantitative estimate of drug-likeness (QED) is 0.470. The van der Waals surface area contributed by atoms with Crippen molar-refractivity contribution in [2.24, 2.45) is 4.99 Å². The molecule has 0 saturated heterocycles. The lowest BCUT2D eigenvalue weighted by Gasteiger charge is -2.13. The van der Waals surface area contributed by atoms with Crippen LogP contribution in [-0.4, -0.2) is 44.6 Å². The van der Waals surface area contributed by atoms with Crippen molar-refractivity contribution in [3.63, 3.8) is 0 Å². The number of nitrogens with one attached hydrogen (secondary N) is 1. The first-order chi connectivity index (χ1) is 11.6. The third kappa shape index (κ3) is 5.13. The predicted octanol–water partition coefficient (Wildman–Crippen LogP) is 2.35. The number of carbonyl (C=O) groups is 1. The Labute approximate surface area is 142 Å². The molecule has 1 amide bonds. The molecular weight excluding hydrogens is 312 g/mol. The number of nitrogens with zero attached hydrogens (tertiary/aromatic N) is 1. The van der Waals surface area contributed by atoms with E-state index in [0.717, 1.165) is 6.42 Å². The Balaban J connectivity index is 2.01. The molecule has 7 nitrogen and oxygen atoms in total. The number of aliphatic imine (C=N–C) groups is 1. The summed E-state index contributed by atoms with van der Waals surface area (Å²) in [7, 11) is 0. The first-order valence-corrected chi connectivity index (χ1v) is 8.13. The van der Waals surface area contributed by atoms with Crippen LogP contribution < -0.4 is 14.8 Å². The van der Waals surface area contributed by atoms with Crippen molar-refractivity contribution in [3.05, 3.63) is 23.8 Å². The fraction of sp³-hybridized carbons (Fsp3) is 0.529. The molecule has 0 bridgehead atoms. The highest BCUT2D eigenvalue weighted by Crippen LogP contribution is 2.32. The maximum absolute atomic E-state index is 12.4. The molecule has 1 heterocycles. The third-order valence-corrected chi connectivity index (χ3v) is 3.45. The van der Waals surface area contributed by atoms with E-state index in [-0.39, 0.29) is 24.8 Å². The number of carbonyl (C=O) groups excluding carboxylic acids is 1. The number of benzene rings is 1. The molecule has 1 aromatic rings. The number of fused-ring (bicyclic) bond motifs is 1. The maximum Gasteiger partial charge on any atom is 0.292 e. The van der Waals surface area contributed by atoms with Gasteiger partial charge in [-0.1, -0.05) is 6.92 Å². The smallest absolute Gasteiger partial charge is 0.292 e. The molecule has 0 radical (unpaired) electrons. The number of ether oxygens (including phenoxy) is 4. The van der Waals surface area contributed by atoms with Crippen molar-refractivity contribution in [2.45, 2.75) is 33.2 Å². The van der Waals surface area contributed by atoms with Crippen molar-refractivity contribution >= 4 is 11.9 Å². The van der Waals surface area contributed by atoms with Gasteiger partial charge in [0.05, 0.1) is 12.6 Å². The van der Waals surface area contributed by atoms with Gasteiger partial charge in [0.2, 0.25) is 6.79 Å². The highest BCUT2D eigenvalue weighted by Gasteiger charge is 2.17. The highest BCUT2D eigenvalue weighted by atomic mass is 16.7. The summed E-state index contributed by atoms with van der Waals surface area (Å²) in [6.07, 6.45) is 0.845. The first kappa shape index (κ1) is 18.1. The van der Waals surface area contributed by atoms with Gasteiger partial charge < -0.3 is 18.9 Å². The van der Waals surface area contributed by atoms with E-state index < -0.39 is 0 Å². The molecule has 1 aliphatic heterocycles. The lowest BCUT2D eigenvalue weighted by molar-refractivity contribution is 0.0921. The Morgan fingerprint density at radius 3 is 2.83 bits per heavy atom. The summed E-state index contributed by atoms with van der Waals surface area (Å²) in [5.74, 6) is 0.875. The molecule has 1 atom stereocenters. The minimum absolute atomic E-state index is 0.0455. The summed E-state index contributed by atoms with van der Waals surface area (Å²) in [6, 6.07) is 5.26. The molecule has 0 unspecified atom stereocenters. The molecule has 0 aromatic heterocycles. The van der Waals surface area contributed by atoms with Crippen molar-refractivity contribution < 1.29 is 23.7 Å². The summed E-state index contributed by atoms with van der Waals surface area (Å²) in [5.41, 5.74) is 0.449. The number of hydrogen-bond donors (Lipinski definition) is 1. The van der Waals surface area contributed by atoms with E-state index in [1.165, 1.54) is 0 Å². The number of amides is 1. The van der Waals surface area contributed by atoms with Gasteiger partial charge in [-0.05, 0) is 38.5 Å². The maximum atomic E-state index is 12.4. The van der Waals surface area contributed by atoms with Crippen LogP contribution in [0.15, 0.2) is 23.2 Å². The number of hydrogen-bond acceptors (Lipinski definition) is 6. The summed E-state index contributed by atoms with van der Waals surface area (Å²) >= 11 is 0. The van der Waals surface area contributed by atoms with E-state index in [4.69, 9.17) is 18.9 Å². The van der Waals surface area contributed by atoms with Gasteiger partial charge in [-0.3, -0.25) is 10.1 Å². The van der Waals surface area contributed by atoms with Crippen molar-refractivity contribution in [1.82, 2.24) is 5.32 Å². The van der Waals surface area contributed by atoms with Crippen LogP contribution in [0.1, 0.15) is 37.6 Å². The largest absolute Gasteiger partial charge is 0.463 e. The molecule has 1 aromatic carbocycles. The standard InChI is InChI=1S/C17H24N2O5/c1-4-12(3)18-17(22-9-8-21-5-2)19-16(20)13-6-7-14-15(10-13)24-11-23-14/h6-7,10,12H,4-5,8-9,11H2,1-3H3,(H,18,19,20)/t12-/m1/s1. The van der Waals surface area contributed by atoms with Gasteiger partial charge in [0, 0.05) is 12.2 Å². The summed E-state index contributed by atoms with van der Waals surface area (Å²) in [5, 5.41) is 2.70. The summed E-state index contributed by atoms with van der Waals surface area (Å²) in [4.78, 5) is 16.8. The monoisotopic (exact) mass is 336 g/mol. The second kappa shape index (κ2) is 9.12. The lowest BCUT2D eigenvalue weighted by Crippen LogP contribution is -2.34. The molecule has 2 rings (SSSR count). The van der Waals surface area contributed by atoms with Gasteiger partial charge in [-0.25, -0.2) is 4.99 Å². The fourth-order valence-corrected chi connectivity index (χ4v) is 1.95. The zero-order valence-electron chi connectivity index (χ0n) is 14.3. The predicted molar refractivity (Wildman–Crippen MR) is 89.7 cm³/mol. The molecular formula is C17H24N2O5. The van der Waals surface area contributed by atoms with Crippen molar-refractivity contribution in [2.75, 3.05) is 26.6 Å². The summed E-state index contributed by atoms with van der Waals surface area (Å²) < 4.78 is 21.3. The van der Waals surface area contributed by atoms with E-state index in [1.807, 2.05) is 20.8 Å². The van der Waals surface area contributed by atoms with Crippen LogP contribution >= 0.6 is 0 Å². The Bertz CT molecular complexity index is 588. The minimum Gasteiger partial charge on any atom is -0.463 e. The number of amidine groups is 1. The van der Waals surface area contributed by atoms with Gasteiger partial charge in [0.25, 0.3) is 11.9 Å². The van der Waals surface area contributed by atoms with Crippen LogP contribution in [0.2, 0.25) is 0 Å². The van der Waals surface area contributed by atoms with Gasteiger partial charge in [0.15, 0.2) is 11.5 Å². The highest BCUT2D eigenvalue weighted by molar-refractivity contribution is 6.04. The van der Waals surface area contributed by atoms with Gasteiger partial charge in [0.1, 0.15) is 6.61 Å². The average molecular weight is 336 g/mol. The van der Waals surface area contributed by atoms with Crippen molar-refractivity contribution in [1.29, 1.82) is 0 Å². The Hall–Kier alpha value is -2.28. The minimum atomic E-state index is -0.313. The second-order valence-corrected chi connectivity index (χ2v) is 5.26. The van der Waals surface area contributed by atoms with Gasteiger partial charge in [-0.2, -0.15) is 0 Å². The van der Waals surface area contributed by atoms with E-state index in [1.54, 1.807) is 18.2 Å². The third-order valence-electron chi connectivity index (χ3n) is 3.45. The van der Waals surface area contributed by atoms with Gasteiger partial charge >= 0.3 is 0 Å². The van der Waals surface area contributed by atoms with Crippen molar-refractivity contribution in [3.8, 4) is 11.5 Å². The number of rotatable bonds is 7. The second-order valence-electron chi connectivity index (χ2n) is 5.26. The molecule has 7 heteroatoms.